The van der Waals surface area contributed by atoms with Crippen LogP contribution in [-0.2, 0) is 11.3 Å². The summed E-state index contributed by atoms with van der Waals surface area (Å²) < 4.78 is 2.30. The van der Waals surface area contributed by atoms with E-state index in [1.165, 1.54) is 0 Å². The van der Waals surface area contributed by atoms with Crippen LogP contribution in [0.1, 0.15) is 24.6 Å². The Morgan fingerprint density at radius 3 is 2.79 bits per heavy atom. The number of anilines is 1. The van der Waals surface area contributed by atoms with E-state index in [1.807, 2.05) is 47.4 Å². The molecule has 1 aliphatic heterocycles. The third kappa shape index (κ3) is 3.77. The topological polar surface area (TPSA) is 41.4 Å². The second kappa shape index (κ2) is 7.94. The van der Waals surface area contributed by atoms with Gasteiger partial charge in [0.2, 0.25) is 5.91 Å². The van der Waals surface area contributed by atoms with E-state index in [4.69, 9.17) is 16.6 Å². The van der Waals surface area contributed by atoms with Gasteiger partial charge in [-0.3, -0.25) is 4.79 Å². The quantitative estimate of drug-likeness (QED) is 0.628. The summed E-state index contributed by atoms with van der Waals surface area (Å²) in [4.78, 5) is 21.7. The minimum absolute atomic E-state index is 0.0817. The van der Waals surface area contributed by atoms with Crippen LogP contribution >= 0.6 is 11.6 Å². The van der Waals surface area contributed by atoms with Gasteiger partial charge in [-0.25, -0.2) is 4.98 Å². The molecular formula is C22H25ClN4O. The average Bonchev–Trinajstić information content (AvgIpc) is 3.22. The molecule has 0 spiro atoms. The maximum absolute atomic E-state index is 12.7. The molecule has 0 N–H and O–H groups in total. The minimum atomic E-state index is 0.0817. The van der Waals surface area contributed by atoms with Gasteiger partial charge in [0.05, 0.1) is 11.0 Å². The molecule has 1 atom stereocenters. The first kappa shape index (κ1) is 19.0. The Balaban J connectivity index is 1.64. The highest BCUT2D eigenvalue weighted by molar-refractivity contribution is 6.30. The van der Waals surface area contributed by atoms with Gasteiger partial charge in [-0.2, -0.15) is 0 Å². The molecule has 1 saturated heterocycles. The Kier molecular flexibility index (Phi) is 5.38. The highest BCUT2D eigenvalue weighted by atomic mass is 35.5. The van der Waals surface area contributed by atoms with Gasteiger partial charge in [0.25, 0.3) is 0 Å². The van der Waals surface area contributed by atoms with Crippen molar-refractivity contribution in [3.05, 3.63) is 59.4 Å². The van der Waals surface area contributed by atoms with Crippen LogP contribution < -0.4 is 4.90 Å². The molecule has 5 nitrogen and oxygen atoms in total. The maximum atomic E-state index is 12.7. The molecule has 1 aliphatic rings. The number of aryl methyl sites for hydroxylation is 1. The first-order valence-electron chi connectivity index (χ1n) is 9.69. The number of halogens is 1. The van der Waals surface area contributed by atoms with Crippen molar-refractivity contribution in [2.75, 3.05) is 32.1 Å². The number of imidazole rings is 1. The maximum Gasteiger partial charge on any atom is 0.227 e. The van der Waals surface area contributed by atoms with Crippen molar-refractivity contribution >= 4 is 34.2 Å². The Labute approximate surface area is 170 Å². The molecule has 0 saturated carbocycles. The average molecular weight is 397 g/mol. The molecule has 2 heterocycles. The lowest BCUT2D eigenvalue weighted by Gasteiger charge is -2.18. The monoisotopic (exact) mass is 396 g/mol. The number of rotatable bonds is 6. The van der Waals surface area contributed by atoms with Crippen molar-refractivity contribution in [2.45, 2.75) is 25.3 Å². The third-order valence-corrected chi connectivity index (χ3v) is 5.52. The van der Waals surface area contributed by atoms with Gasteiger partial charge in [-0.15, -0.1) is 0 Å². The second-order valence-electron chi connectivity index (χ2n) is 7.65. The fourth-order valence-corrected chi connectivity index (χ4v) is 4.14. The molecule has 0 aliphatic carbocycles. The van der Waals surface area contributed by atoms with Crippen molar-refractivity contribution in [3.63, 3.8) is 0 Å². The normalized spacial score (nSPS) is 17.2. The highest BCUT2D eigenvalue weighted by Gasteiger charge is 2.34. The largest absolute Gasteiger partial charge is 0.328 e. The Morgan fingerprint density at radius 1 is 1.18 bits per heavy atom. The van der Waals surface area contributed by atoms with Gasteiger partial charge < -0.3 is 14.4 Å². The first-order chi connectivity index (χ1) is 13.5. The molecule has 4 rings (SSSR count). The summed E-state index contributed by atoms with van der Waals surface area (Å²) >= 11 is 6.13. The van der Waals surface area contributed by atoms with Crippen LogP contribution in [0.3, 0.4) is 0 Å². The standard InChI is InChI=1S/C22H25ClN4O/c1-25(2)11-6-12-26-20-10-4-3-9-19(20)24-22(26)16-13-21(28)27(15-16)18-8-5-7-17(23)14-18/h3-5,7-10,14,16H,6,11-13,15H2,1-2H3/t16-/m1/s1. The van der Waals surface area contributed by atoms with E-state index in [9.17, 15) is 4.79 Å². The second-order valence-corrected chi connectivity index (χ2v) is 8.09. The number of carbonyl (C=O) groups is 1. The van der Waals surface area contributed by atoms with E-state index < -0.39 is 0 Å². The predicted molar refractivity (Wildman–Crippen MR) is 114 cm³/mol. The van der Waals surface area contributed by atoms with Gasteiger partial charge in [0.15, 0.2) is 0 Å². The number of para-hydroxylation sites is 2. The smallest absolute Gasteiger partial charge is 0.227 e. The molecule has 2 aromatic carbocycles. The molecule has 1 aromatic heterocycles. The number of carbonyl (C=O) groups excluding carboxylic acids is 1. The number of fused-ring (bicyclic) bond motifs is 1. The fourth-order valence-electron chi connectivity index (χ4n) is 3.96. The van der Waals surface area contributed by atoms with Crippen LogP contribution in [0.25, 0.3) is 11.0 Å². The SMILES string of the molecule is CN(C)CCCn1c([C@@H]2CC(=O)N(c3cccc(Cl)c3)C2)nc2ccccc21. The lowest BCUT2D eigenvalue weighted by Crippen LogP contribution is -2.24. The van der Waals surface area contributed by atoms with Crippen LogP contribution in [0, 0.1) is 0 Å². The molecule has 6 heteroatoms. The summed E-state index contributed by atoms with van der Waals surface area (Å²) in [7, 11) is 4.18. The van der Waals surface area contributed by atoms with Gasteiger partial charge in [0.1, 0.15) is 5.82 Å². The van der Waals surface area contributed by atoms with Crippen LogP contribution in [0.2, 0.25) is 5.02 Å². The molecule has 28 heavy (non-hydrogen) atoms. The summed E-state index contributed by atoms with van der Waals surface area (Å²) in [5.74, 6) is 1.22. The van der Waals surface area contributed by atoms with Crippen LogP contribution in [-0.4, -0.2) is 47.5 Å². The number of aromatic nitrogens is 2. The molecular weight excluding hydrogens is 372 g/mol. The van der Waals surface area contributed by atoms with Gasteiger partial charge in [-0.1, -0.05) is 29.8 Å². The zero-order chi connectivity index (χ0) is 19.7. The van der Waals surface area contributed by atoms with Gasteiger partial charge in [0, 0.05) is 36.1 Å². The lowest BCUT2D eigenvalue weighted by atomic mass is 10.1. The summed E-state index contributed by atoms with van der Waals surface area (Å²) in [6.07, 6.45) is 1.52. The zero-order valence-corrected chi connectivity index (χ0v) is 17.1. The number of nitrogens with zero attached hydrogens (tertiary/aromatic N) is 4. The Hall–Kier alpha value is -2.37. The van der Waals surface area contributed by atoms with E-state index in [-0.39, 0.29) is 11.8 Å². The van der Waals surface area contributed by atoms with Gasteiger partial charge >= 0.3 is 0 Å². The van der Waals surface area contributed by atoms with Crippen LogP contribution in [0.15, 0.2) is 48.5 Å². The van der Waals surface area contributed by atoms with Crippen LogP contribution in [0.5, 0.6) is 0 Å². The van der Waals surface area contributed by atoms with Crippen LogP contribution in [0.4, 0.5) is 5.69 Å². The molecule has 1 fully saturated rings. The van der Waals surface area contributed by atoms with Crippen molar-refractivity contribution < 1.29 is 4.79 Å². The molecule has 1 amide bonds. The summed E-state index contributed by atoms with van der Waals surface area (Å²) in [5, 5.41) is 0.643. The van der Waals surface area contributed by atoms with E-state index in [1.54, 1.807) is 0 Å². The number of amides is 1. The summed E-state index contributed by atoms with van der Waals surface area (Å²) in [6.45, 7) is 2.55. The van der Waals surface area contributed by atoms with E-state index in [0.29, 0.717) is 18.0 Å². The molecule has 0 unspecified atom stereocenters. The number of benzene rings is 2. The van der Waals surface area contributed by atoms with Crippen molar-refractivity contribution in [2.24, 2.45) is 0 Å². The predicted octanol–water partition coefficient (Wildman–Crippen LogP) is 4.16. The van der Waals surface area contributed by atoms with Gasteiger partial charge in [-0.05, 0) is 57.4 Å². The number of hydrogen-bond donors (Lipinski definition) is 0. The van der Waals surface area contributed by atoms with E-state index in [2.05, 4.69) is 29.6 Å². The molecule has 146 valence electrons. The van der Waals surface area contributed by atoms with Crippen molar-refractivity contribution in [1.82, 2.24) is 14.5 Å². The Morgan fingerprint density at radius 2 is 2.00 bits per heavy atom. The molecule has 3 aromatic rings. The third-order valence-electron chi connectivity index (χ3n) is 5.28. The molecule has 0 bridgehead atoms. The van der Waals surface area contributed by atoms with E-state index in [0.717, 1.165) is 42.1 Å². The number of hydrogen-bond acceptors (Lipinski definition) is 3. The van der Waals surface area contributed by atoms with Crippen molar-refractivity contribution in [3.8, 4) is 0 Å². The zero-order valence-electron chi connectivity index (χ0n) is 16.3. The van der Waals surface area contributed by atoms with E-state index >= 15 is 0 Å². The lowest BCUT2D eigenvalue weighted by molar-refractivity contribution is -0.117. The highest BCUT2D eigenvalue weighted by Crippen LogP contribution is 2.34. The minimum Gasteiger partial charge on any atom is -0.328 e. The summed E-state index contributed by atoms with van der Waals surface area (Å²) in [6, 6.07) is 15.7. The summed E-state index contributed by atoms with van der Waals surface area (Å²) in [5.41, 5.74) is 3.00. The first-order valence-corrected chi connectivity index (χ1v) is 10.1. The fraction of sp³-hybridized carbons (Fsp3) is 0.364. The van der Waals surface area contributed by atoms with Crippen molar-refractivity contribution in [1.29, 1.82) is 0 Å². The molecule has 0 radical (unpaired) electrons. The Bertz CT molecular complexity index is 997.